The molecule has 26 heavy (non-hydrogen) atoms. The average Bonchev–Trinajstić information content (AvgIpc) is 2.71. The van der Waals surface area contributed by atoms with E-state index in [2.05, 4.69) is 18.2 Å². The molecule has 0 aliphatic heterocycles. The predicted molar refractivity (Wildman–Crippen MR) is 103 cm³/mol. The van der Waals surface area contributed by atoms with Crippen molar-refractivity contribution in [2.24, 2.45) is 0 Å². The van der Waals surface area contributed by atoms with Gasteiger partial charge in [-0.25, -0.2) is 0 Å². The number of fused-ring (bicyclic) bond motifs is 4. The topological polar surface area (TPSA) is 34.1 Å². The highest BCUT2D eigenvalue weighted by molar-refractivity contribution is 6.53. The van der Waals surface area contributed by atoms with Crippen molar-refractivity contribution in [1.29, 1.82) is 0 Å². The molecule has 1 aliphatic carbocycles. The van der Waals surface area contributed by atoms with Crippen LogP contribution < -0.4 is 0 Å². The summed E-state index contributed by atoms with van der Waals surface area (Å²) >= 11 is 0. The van der Waals surface area contributed by atoms with Crippen molar-refractivity contribution >= 4 is 22.3 Å². The third kappa shape index (κ3) is 2.06. The van der Waals surface area contributed by atoms with E-state index in [1.807, 2.05) is 54.6 Å². The van der Waals surface area contributed by atoms with Gasteiger partial charge in [-0.05, 0) is 39.1 Å². The van der Waals surface area contributed by atoms with E-state index in [-0.39, 0.29) is 0 Å². The van der Waals surface area contributed by atoms with Gasteiger partial charge >= 0.3 is 0 Å². The van der Waals surface area contributed by atoms with Gasteiger partial charge in [0.05, 0.1) is 0 Å². The zero-order chi connectivity index (χ0) is 17.7. The van der Waals surface area contributed by atoms with Gasteiger partial charge in [0.25, 0.3) is 0 Å². The quantitative estimate of drug-likeness (QED) is 0.428. The third-order valence-electron chi connectivity index (χ3n) is 5.02. The highest BCUT2D eigenvalue weighted by atomic mass is 16.2. The fraction of sp³-hybridized carbons (Fsp3) is 0. The summed E-state index contributed by atoms with van der Waals surface area (Å²) in [6.45, 7) is 0. The highest BCUT2D eigenvalue weighted by Gasteiger charge is 2.32. The molecule has 0 N–H and O–H groups in total. The van der Waals surface area contributed by atoms with Crippen molar-refractivity contribution < 1.29 is 9.59 Å². The molecule has 2 heteroatoms. The first-order valence-corrected chi connectivity index (χ1v) is 8.54. The molecule has 0 spiro atoms. The molecule has 0 aromatic heterocycles. The summed E-state index contributed by atoms with van der Waals surface area (Å²) in [5, 5.41) is 2.26. The van der Waals surface area contributed by atoms with E-state index < -0.39 is 11.6 Å². The standard InChI is InChI=1S/C24H14O2/c25-23-21-9-4-3-8-19(21)20-11-5-10-18(22(20)24(23)26)17-13-12-15-6-1-2-7-16(15)14-17/h1-14H. The van der Waals surface area contributed by atoms with E-state index in [0.717, 1.165) is 33.0 Å². The fourth-order valence-electron chi connectivity index (χ4n) is 3.77. The van der Waals surface area contributed by atoms with Crippen LogP contribution in [0.25, 0.3) is 33.0 Å². The normalized spacial score (nSPS) is 12.8. The van der Waals surface area contributed by atoms with E-state index in [4.69, 9.17) is 0 Å². The van der Waals surface area contributed by atoms with Crippen LogP contribution in [0, 0.1) is 0 Å². The highest BCUT2D eigenvalue weighted by Crippen LogP contribution is 2.39. The summed E-state index contributed by atoms with van der Waals surface area (Å²) < 4.78 is 0. The molecule has 0 fully saturated rings. The summed E-state index contributed by atoms with van der Waals surface area (Å²) in [6.07, 6.45) is 0. The zero-order valence-corrected chi connectivity index (χ0v) is 13.9. The summed E-state index contributed by atoms with van der Waals surface area (Å²) in [5.41, 5.74) is 4.40. The number of Topliss-reactive ketones (excluding diaryl/α,β-unsaturated/α-hetero) is 2. The minimum Gasteiger partial charge on any atom is -0.285 e. The van der Waals surface area contributed by atoms with Crippen molar-refractivity contribution in [3.8, 4) is 22.3 Å². The van der Waals surface area contributed by atoms with Gasteiger partial charge in [0, 0.05) is 11.1 Å². The molecule has 0 bridgehead atoms. The van der Waals surface area contributed by atoms with Crippen LogP contribution >= 0.6 is 0 Å². The number of benzene rings is 4. The number of carbonyl (C=O) groups excluding carboxylic acids is 2. The Kier molecular flexibility index (Phi) is 3.13. The Balaban J connectivity index is 1.81. The van der Waals surface area contributed by atoms with E-state index >= 15 is 0 Å². The lowest BCUT2D eigenvalue weighted by atomic mass is 9.80. The van der Waals surface area contributed by atoms with Crippen LogP contribution in [0.4, 0.5) is 0 Å². The maximum Gasteiger partial charge on any atom is 0.234 e. The number of rotatable bonds is 1. The average molecular weight is 334 g/mol. The minimum atomic E-state index is -0.429. The van der Waals surface area contributed by atoms with Crippen molar-refractivity contribution in [3.63, 3.8) is 0 Å². The van der Waals surface area contributed by atoms with Gasteiger partial charge in [-0.15, -0.1) is 0 Å². The lowest BCUT2D eigenvalue weighted by Gasteiger charge is -2.20. The molecule has 1 aliphatic rings. The molecule has 4 aromatic rings. The van der Waals surface area contributed by atoms with Crippen molar-refractivity contribution in [2.45, 2.75) is 0 Å². The van der Waals surface area contributed by atoms with Gasteiger partial charge < -0.3 is 0 Å². The van der Waals surface area contributed by atoms with Gasteiger partial charge in [0.15, 0.2) is 0 Å². The van der Waals surface area contributed by atoms with Crippen LogP contribution in [0.3, 0.4) is 0 Å². The molecule has 0 radical (unpaired) electrons. The number of ketones is 2. The second-order valence-electron chi connectivity index (χ2n) is 6.49. The largest absolute Gasteiger partial charge is 0.285 e. The second-order valence-corrected chi connectivity index (χ2v) is 6.49. The van der Waals surface area contributed by atoms with Crippen LogP contribution in [-0.4, -0.2) is 11.6 Å². The predicted octanol–water partition coefficient (Wildman–Crippen LogP) is 5.55. The Hall–Kier alpha value is -3.52. The summed E-state index contributed by atoms with van der Waals surface area (Å²) in [5.74, 6) is -0.858. The van der Waals surface area contributed by atoms with E-state index in [0.29, 0.717) is 11.1 Å². The summed E-state index contributed by atoms with van der Waals surface area (Å²) in [7, 11) is 0. The van der Waals surface area contributed by atoms with E-state index in [1.165, 1.54) is 0 Å². The monoisotopic (exact) mass is 334 g/mol. The number of hydrogen-bond donors (Lipinski definition) is 0. The van der Waals surface area contributed by atoms with Gasteiger partial charge in [0.1, 0.15) is 0 Å². The molecule has 2 nitrogen and oxygen atoms in total. The molecule has 0 heterocycles. The lowest BCUT2D eigenvalue weighted by Crippen LogP contribution is -2.22. The van der Waals surface area contributed by atoms with Crippen LogP contribution in [0.5, 0.6) is 0 Å². The maximum atomic E-state index is 12.9. The Morgan fingerprint density at radius 2 is 1.12 bits per heavy atom. The first kappa shape index (κ1) is 14.8. The minimum absolute atomic E-state index is 0.428. The van der Waals surface area contributed by atoms with Gasteiger partial charge in [-0.3, -0.25) is 9.59 Å². The number of hydrogen-bond acceptors (Lipinski definition) is 2. The molecule has 0 saturated heterocycles. The van der Waals surface area contributed by atoms with Crippen LogP contribution in [0.1, 0.15) is 20.7 Å². The summed E-state index contributed by atoms with van der Waals surface area (Å²) in [4.78, 5) is 25.5. The lowest BCUT2D eigenvalue weighted by molar-refractivity contribution is 0.0815. The molecule has 5 rings (SSSR count). The Labute approximate surface area is 150 Å². The van der Waals surface area contributed by atoms with Gasteiger partial charge in [-0.1, -0.05) is 78.9 Å². The van der Waals surface area contributed by atoms with Crippen LogP contribution in [0.2, 0.25) is 0 Å². The Morgan fingerprint density at radius 1 is 0.462 bits per heavy atom. The van der Waals surface area contributed by atoms with E-state index in [9.17, 15) is 9.59 Å². The molecule has 0 amide bonds. The smallest absolute Gasteiger partial charge is 0.234 e. The Morgan fingerprint density at radius 3 is 1.96 bits per heavy atom. The zero-order valence-electron chi connectivity index (χ0n) is 13.9. The molecular formula is C24H14O2. The fourth-order valence-corrected chi connectivity index (χ4v) is 3.77. The second kappa shape index (κ2) is 5.50. The Bertz CT molecular complexity index is 1220. The molecule has 122 valence electrons. The van der Waals surface area contributed by atoms with Crippen molar-refractivity contribution in [2.75, 3.05) is 0 Å². The first-order valence-electron chi connectivity index (χ1n) is 8.54. The molecule has 0 atom stereocenters. The van der Waals surface area contributed by atoms with Gasteiger partial charge in [0.2, 0.25) is 11.6 Å². The van der Waals surface area contributed by atoms with Gasteiger partial charge in [-0.2, -0.15) is 0 Å². The van der Waals surface area contributed by atoms with Crippen LogP contribution in [-0.2, 0) is 0 Å². The molecule has 4 aromatic carbocycles. The SMILES string of the molecule is O=C1C(=O)c2c(-c3ccc4ccccc4c3)cccc2-c2ccccc21. The molecule has 0 unspecified atom stereocenters. The molecule has 0 saturated carbocycles. The van der Waals surface area contributed by atoms with Crippen molar-refractivity contribution in [1.82, 2.24) is 0 Å². The van der Waals surface area contributed by atoms with Crippen LogP contribution in [0.15, 0.2) is 84.9 Å². The maximum absolute atomic E-state index is 12.9. The summed E-state index contributed by atoms with van der Waals surface area (Å²) in [6, 6.07) is 27.4. The van der Waals surface area contributed by atoms with Crippen molar-refractivity contribution in [3.05, 3.63) is 96.1 Å². The first-order chi connectivity index (χ1) is 12.7. The number of carbonyl (C=O) groups is 2. The van der Waals surface area contributed by atoms with E-state index in [1.54, 1.807) is 12.1 Å². The third-order valence-corrected chi connectivity index (χ3v) is 5.02. The molecular weight excluding hydrogens is 320 g/mol.